The van der Waals surface area contributed by atoms with Gasteiger partial charge in [0.2, 0.25) is 0 Å². The van der Waals surface area contributed by atoms with Gasteiger partial charge in [-0.3, -0.25) is 4.52 Å². The van der Waals surface area contributed by atoms with Crippen LogP contribution in [0.1, 0.15) is 25.3 Å². The molecule has 1 aromatic carbocycles. The summed E-state index contributed by atoms with van der Waals surface area (Å²) in [4.78, 5) is 0. The van der Waals surface area contributed by atoms with Crippen LogP contribution in [0.3, 0.4) is 0 Å². The minimum absolute atomic E-state index is 0.482. The zero-order valence-electron chi connectivity index (χ0n) is 10.1. The highest BCUT2D eigenvalue weighted by Crippen LogP contribution is 2.45. The fourth-order valence-electron chi connectivity index (χ4n) is 1.24. The molecule has 1 rings (SSSR count). The number of unbranched alkanes of at least 4 members (excludes halogenated alkanes) is 1. The smallest absolute Gasteiger partial charge is 0.376 e. The first-order chi connectivity index (χ1) is 7.55. The largest absolute Gasteiger partial charge is 0.424 e. The molecule has 0 radical (unpaired) electrons. The van der Waals surface area contributed by atoms with E-state index >= 15 is 0 Å². The molecule has 0 spiro atoms. The first kappa shape index (κ1) is 13.3. The Morgan fingerprint density at radius 2 is 2.00 bits per heavy atom. The van der Waals surface area contributed by atoms with Gasteiger partial charge in [-0.1, -0.05) is 31.5 Å². The molecule has 90 valence electrons. The van der Waals surface area contributed by atoms with Crippen LogP contribution < -0.4 is 4.52 Å². The van der Waals surface area contributed by atoms with E-state index in [1.807, 2.05) is 25.1 Å². The fraction of sp³-hybridized carbons (Fsp3) is 0.500. The Labute approximate surface area is 97.3 Å². The minimum Gasteiger partial charge on any atom is -0.424 e. The highest BCUT2D eigenvalue weighted by Gasteiger charge is 2.18. The summed E-state index contributed by atoms with van der Waals surface area (Å²) in [5, 5.41) is 0. The normalized spacial score (nSPS) is 14.4. The molecule has 0 bridgehead atoms. The third kappa shape index (κ3) is 4.38. The molecule has 4 heteroatoms. The Morgan fingerprint density at radius 1 is 1.31 bits per heavy atom. The van der Waals surface area contributed by atoms with Gasteiger partial charge in [-0.05, 0) is 25.0 Å². The molecule has 16 heavy (non-hydrogen) atoms. The fourth-order valence-corrected chi connectivity index (χ4v) is 2.31. The van der Waals surface area contributed by atoms with Gasteiger partial charge < -0.3 is 4.52 Å². The summed E-state index contributed by atoms with van der Waals surface area (Å²) >= 11 is 0. The van der Waals surface area contributed by atoms with Gasteiger partial charge in [0, 0.05) is 6.66 Å². The minimum atomic E-state index is -2.97. The molecule has 1 aromatic rings. The number of aryl methyl sites for hydroxylation is 1. The lowest BCUT2D eigenvalue weighted by Gasteiger charge is -2.16. The third-order valence-corrected chi connectivity index (χ3v) is 3.36. The van der Waals surface area contributed by atoms with Crippen molar-refractivity contribution in [2.75, 3.05) is 13.3 Å². The monoisotopic (exact) mass is 242 g/mol. The van der Waals surface area contributed by atoms with Gasteiger partial charge in [-0.15, -0.1) is 0 Å². The summed E-state index contributed by atoms with van der Waals surface area (Å²) in [6.07, 6.45) is 1.92. The van der Waals surface area contributed by atoms with E-state index in [2.05, 4.69) is 6.92 Å². The summed E-state index contributed by atoms with van der Waals surface area (Å²) in [5.41, 5.74) is 0.962. The van der Waals surface area contributed by atoms with Crippen molar-refractivity contribution in [1.82, 2.24) is 0 Å². The van der Waals surface area contributed by atoms with Crippen molar-refractivity contribution in [1.29, 1.82) is 0 Å². The van der Waals surface area contributed by atoms with Crippen molar-refractivity contribution < 1.29 is 13.6 Å². The van der Waals surface area contributed by atoms with Crippen LogP contribution in [0.4, 0.5) is 0 Å². The van der Waals surface area contributed by atoms with Gasteiger partial charge in [0.25, 0.3) is 0 Å². The van der Waals surface area contributed by atoms with Crippen LogP contribution in [0, 0.1) is 6.92 Å². The molecular formula is C12H19O3P. The van der Waals surface area contributed by atoms with Crippen LogP contribution in [0.25, 0.3) is 0 Å². The van der Waals surface area contributed by atoms with Crippen LogP contribution >= 0.6 is 7.60 Å². The van der Waals surface area contributed by atoms with E-state index in [1.165, 1.54) is 6.66 Å². The zero-order valence-corrected chi connectivity index (χ0v) is 11.0. The maximum Gasteiger partial charge on any atom is 0.376 e. The standard InChI is InChI=1S/C12H19O3P/c1-4-5-10-14-16(3,13)15-12-9-7-6-8-11(12)2/h6-9H,4-5,10H2,1-3H3. The Hall–Kier alpha value is -0.790. The lowest BCUT2D eigenvalue weighted by Crippen LogP contribution is -1.99. The van der Waals surface area contributed by atoms with Crippen molar-refractivity contribution >= 4 is 7.60 Å². The van der Waals surface area contributed by atoms with Gasteiger partial charge in [-0.2, -0.15) is 0 Å². The Bertz CT molecular complexity index is 376. The van der Waals surface area contributed by atoms with E-state index in [4.69, 9.17) is 9.05 Å². The Balaban J connectivity index is 2.59. The molecule has 0 saturated heterocycles. The zero-order chi connectivity index (χ0) is 12.0. The number of hydrogen-bond donors (Lipinski definition) is 0. The summed E-state index contributed by atoms with van der Waals surface area (Å²) in [5.74, 6) is 0.629. The van der Waals surface area contributed by atoms with Crippen LogP contribution in [0.15, 0.2) is 24.3 Å². The predicted molar refractivity (Wildman–Crippen MR) is 66.2 cm³/mol. The molecule has 0 fully saturated rings. The molecule has 0 aliphatic carbocycles. The molecular weight excluding hydrogens is 223 g/mol. The summed E-state index contributed by atoms with van der Waals surface area (Å²) < 4.78 is 22.6. The second kappa shape index (κ2) is 6.07. The van der Waals surface area contributed by atoms with Crippen LogP contribution in [0.5, 0.6) is 5.75 Å². The van der Waals surface area contributed by atoms with E-state index in [0.717, 1.165) is 18.4 Å². The highest BCUT2D eigenvalue weighted by atomic mass is 31.2. The maximum absolute atomic E-state index is 12.0. The third-order valence-electron chi connectivity index (χ3n) is 2.18. The van der Waals surface area contributed by atoms with Crippen molar-refractivity contribution in [3.8, 4) is 5.75 Å². The molecule has 0 saturated carbocycles. The number of para-hydroxylation sites is 1. The van der Waals surface area contributed by atoms with Gasteiger partial charge in [0.1, 0.15) is 5.75 Å². The molecule has 1 unspecified atom stereocenters. The quantitative estimate of drug-likeness (QED) is 0.558. The van der Waals surface area contributed by atoms with Crippen molar-refractivity contribution in [3.05, 3.63) is 29.8 Å². The van der Waals surface area contributed by atoms with Crippen molar-refractivity contribution in [2.45, 2.75) is 26.7 Å². The molecule has 0 heterocycles. The lowest BCUT2D eigenvalue weighted by atomic mass is 10.2. The summed E-state index contributed by atoms with van der Waals surface area (Å²) in [6, 6.07) is 7.49. The second-order valence-corrected chi connectivity index (χ2v) is 5.80. The molecule has 0 amide bonds. The van der Waals surface area contributed by atoms with Crippen LogP contribution in [-0.4, -0.2) is 13.3 Å². The van der Waals surface area contributed by atoms with Crippen molar-refractivity contribution in [2.24, 2.45) is 0 Å². The maximum atomic E-state index is 12.0. The summed E-state index contributed by atoms with van der Waals surface area (Å²) in [6.45, 7) is 5.97. The van der Waals surface area contributed by atoms with Crippen LogP contribution in [0.2, 0.25) is 0 Å². The van der Waals surface area contributed by atoms with E-state index < -0.39 is 7.60 Å². The summed E-state index contributed by atoms with van der Waals surface area (Å²) in [7, 11) is -2.97. The molecule has 1 atom stereocenters. The first-order valence-corrected chi connectivity index (χ1v) is 7.51. The van der Waals surface area contributed by atoms with E-state index in [9.17, 15) is 4.57 Å². The predicted octanol–water partition coefficient (Wildman–Crippen LogP) is 4.01. The average molecular weight is 242 g/mol. The molecule has 0 aliphatic heterocycles. The SMILES string of the molecule is CCCCOP(C)(=O)Oc1ccccc1C. The van der Waals surface area contributed by atoms with Gasteiger partial charge in [0.15, 0.2) is 0 Å². The highest BCUT2D eigenvalue weighted by molar-refractivity contribution is 7.53. The lowest BCUT2D eigenvalue weighted by molar-refractivity contribution is 0.264. The number of hydrogen-bond acceptors (Lipinski definition) is 3. The molecule has 0 aliphatic rings. The van der Waals surface area contributed by atoms with Gasteiger partial charge >= 0.3 is 7.60 Å². The Kier molecular flexibility index (Phi) is 5.04. The van der Waals surface area contributed by atoms with E-state index in [1.54, 1.807) is 6.07 Å². The van der Waals surface area contributed by atoms with Gasteiger partial charge in [0.05, 0.1) is 6.61 Å². The topological polar surface area (TPSA) is 35.5 Å². The van der Waals surface area contributed by atoms with Gasteiger partial charge in [-0.25, -0.2) is 4.57 Å². The number of benzene rings is 1. The Morgan fingerprint density at radius 3 is 2.62 bits per heavy atom. The average Bonchev–Trinajstić information content (AvgIpc) is 2.21. The van der Waals surface area contributed by atoms with E-state index in [-0.39, 0.29) is 0 Å². The molecule has 0 N–H and O–H groups in total. The van der Waals surface area contributed by atoms with Crippen LogP contribution in [-0.2, 0) is 9.09 Å². The molecule has 0 aromatic heterocycles. The van der Waals surface area contributed by atoms with E-state index in [0.29, 0.717) is 12.4 Å². The second-order valence-electron chi connectivity index (χ2n) is 3.81. The first-order valence-electron chi connectivity index (χ1n) is 5.52. The van der Waals surface area contributed by atoms with Crippen molar-refractivity contribution in [3.63, 3.8) is 0 Å². The molecule has 3 nitrogen and oxygen atoms in total. The number of rotatable bonds is 6.